The van der Waals surface area contributed by atoms with Crippen LogP contribution >= 0.6 is 11.6 Å². The Bertz CT molecular complexity index is 1270. The van der Waals surface area contributed by atoms with Crippen LogP contribution in [0.5, 0.6) is 5.75 Å². The molecule has 1 saturated heterocycles. The van der Waals surface area contributed by atoms with Gasteiger partial charge in [0.25, 0.3) is 11.7 Å². The van der Waals surface area contributed by atoms with Gasteiger partial charge in [-0.1, -0.05) is 23.7 Å². The van der Waals surface area contributed by atoms with Gasteiger partial charge in [-0.3, -0.25) is 19.5 Å². The smallest absolute Gasteiger partial charge is 0.300 e. The third-order valence-electron chi connectivity index (χ3n) is 5.70. The zero-order valence-corrected chi connectivity index (χ0v) is 17.9. The number of Topliss-reactive ketones (excluding diaryl/α,β-unsaturated/α-hetero) is 1. The van der Waals surface area contributed by atoms with E-state index in [1.807, 2.05) is 6.92 Å². The van der Waals surface area contributed by atoms with Gasteiger partial charge in [0.1, 0.15) is 17.6 Å². The van der Waals surface area contributed by atoms with Crippen molar-refractivity contribution in [3.8, 4) is 5.75 Å². The molecule has 0 radical (unpaired) electrons. The first-order valence-corrected chi connectivity index (χ1v) is 10.6. The number of hydrogen-bond donors (Lipinski definition) is 1. The standard InChI is InChI=1S/C25H19ClN2O4/c1-14-10-17-11-15(7-8-20(17)32-14)23(29)21-22(16-4-3-9-27-13-16)28(25(31)24(21)30)19-6-2-5-18(26)12-19/h2-9,11-14,22,29H,10H2,1H3/b23-21-. The van der Waals surface area contributed by atoms with E-state index >= 15 is 0 Å². The molecule has 2 aliphatic rings. The van der Waals surface area contributed by atoms with E-state index in [-0.39, 0.29) is 17.4 Å². The molecule has 6 nitrogen and oxygen atoms in total. The van der Waals surface area contributed by atoms with Gasteiger partial charge in [0.15, 0.2) is 0 Å². The topological polar surface area (TPSA) is 79.7 Å². The van der Waals surface area contributed by atoms with Gasteiger partial charge in [-0.05, 0) is 60.5 Å². The number of carbonyl (C=O) groups excluding carboxylic acids is 2. The zero-order valence-electron chi connectivity index (χ0n) is 17.2. The fourth-order valence-corrected chi connectivity index (χ4v) is 4.49. The van der Waals surface area contributed by atoms with E-state index in [1.165, 1.54) is 4.90 Å². The minimum atomic E-state index is -0.842. The van der Waals surface area contributed by atoms with E-state index in [9.17, 15) is 14.7 Å². The van der Waals surface area contributed by atoms with E-state index in [0.717, 1.165) is 11.3 Å². The molecule has 1 aromatic heterocycles. The third kappa shape index (κ3) is 3.33. The number of aromatic nitrogens is 1. The highest BCUT2D eigenvalue weighted by molar-refractivity contribution is 6.51. The first kappa shape index (κ1) is 20.3. The lowest BCUT2D eigenvalue weighted by molar-refractivity contribution is -0.132. The fraction of sp³-hybridized carbons (Fsp3) is 0.160. The van der Waals surface area contributed by atoms with Crippen molar-refractivity contribution < 1.29 is 19.4 Å². The van der Waals surface area contributed by atoms with Crippen LogP contribution in [0, 0.1) is 0 Å². The molecule has 2 atom stereocenters. The predicted molar refractivity (Wildman–Crippen MR) is 121 cm³/mol. The number of nitrogens with zero attached hydrogens (tertiary/aromatic N) is 2. The summed E-state index contributed by atoms with van der Waals surface area (Å²) in [5, 5.41) is 11.7. The highest BCUT2D eigenvalue weighted by Crippen LogP contribution is 2.43. The van der Waals surface area contributed by atoms with E-state index in [0.29, 0.717) is 28.3 Å². The molecule has 2 aromatic carbocycles. The molecule has 7 heteroatoms. The summed E-state index contributed by atoms with van der Waals surface area (Å²) in [4.78, 5) is 31.8. The number of amides is 1. The predicted octanol–water partition coefficient (Wildman–Crippen LogP) is 4.68. The summed E-state index contributed by atoms with van der Waals surface area (Å²) in [5.74, 6) is -0.969. The number of ketones is 1. The van der Waals surface area contributed by atoms with Gasteiger partial charge in [-0.25, -0.2) is 0 Å². The van der Waals surface area contributed by atoms with Gasteiger partial charge in [-0.15, -0.1) is 0 Å². The summed E-state index contributed by atoms with van der Waals surface area (Å²) in [6.45, 7) is 1.97. The van der Waals surface area contributed by atoms with Gasteiger partial charge < -0.3 is 9.84 Å². The Hall–Kier alpha value is -3.64. The molecule has 1 N–H and O–H groups in total. The average molecular weight is 447 g/mol. The Balaban J connectivity index is 1.69. The Morgan fingerprint density at radius 3 is 2.75 bits per heavy atom. The number of anilines is 1. The van der Waals surface area contributed by atoms with Crippen LogP contribution in [0.25, 0.3) is 5.76 Å². The summed E-state index contributed by atoms with van der Waals surface area (Å²) in [5.41, 5.74) is 2.48. The van der Waals surface area contributed by atoms with Crippen LogP contribution in [0.1, 0.15) is 29.7 Å². The number of hydrogen-bond acceptors (Lipinski definition) is 5. The van der Waals surface area contributed by atoms with Crippen LogP contribution in [0.3, 0.4) is 0 Å². The lowest BCUT2D eigenvalue weighted by Crippen LogP contribution is -2.29. The molecule has 0 aliphatic carbocycles. The fourth-order valence-electron chi connectivity index (χ4n) is 4.30. The lowest BCUT2D eigenvalue weighted by atomic mass is 9.95. The van der Waals surface area contributed by atoms with Crippen LogP contribution in [0.15, 0.2) is 72.6 Å². The van der Waals surface area contributed by atoms with Gasteiger partial charge in [0.05, 0.1) is 11.6 Å². The summed E-state index contributed by atoms with van der Waals surface area (Å²) in [7, 11) is 0. The van der Waals surface area contributed by atoms with Crippen molar-refractivity contribution in [3.05, 3.63) is 94.3 Å². The lowest BCUT2D eigenvalue weighted by Gasteiger charge is -2.25. The van der Waals surface area contributed by atoms with Gasteiger partial charge in [0, 0.05) is 35.1 Å². The number of rotatable bonds is 3. The zero-order chi connectivity index (χ0) is 22.4. The van der Waals surface area contributed by atoms with Gasteiger partial charge >= 0.3 is 0 Å². The molecule has 0 bridgehead atoms. The van der Waals surface area contributed by atoms with Crippen molar-refractivity contribution in [2.45, 2.75) is 25.5 Å². The van der Waals surface area contributed by atoms with E-state index < -0.39 is 17.7 Å². The molecular weight excluding hydrogens is 428 g/mol. The second-order valence-corrected chi connectivity index (χ2v) is 8.33. The van der Waals surface area contributed by atoms with Crippen LogP contribution in [-0.4, -0.2) is 27.9 Å². The second kappa shape index (κ2) is 7.80. The van der Waals surface area contributed by atoms with Gasteiger partial charge in [-0.2, -0.15) is 0 Å². The van der Waals surface area contributed by atoms with Crippen molar-refractivity contribution in [3.63, 3.8) is 0 Å². The Morgan fingerprint density at radius 1 is 1.16 bits per heavy atom. The number of benzene rings is 2. The van der Waals surface area contributed by atoms with Crippen LogP contribution in [0.4, 0.5) is 5.69 Å². The number of pyridine rings is 1. The van der Waals surface area contributed by atoms with Crippen molar-refractivity contribution in [1.82, 2.24) is 4.98 Å². The first-order chi connectivity index (χ1) is 15.4. The summed E-state index contributed by atoms with van der Waals surface area (Å²) >= 11 is 6.15. The molecule has 3 heterocycles. The largest absolute Gasteiger partial charge is 0.507 e. The maximum atomic E-state index is 13.2. The van der Waals surface area contributed by atoms with Crippen molar-refractivity contribution in [2.24, 2.45) is 0 Å². The molecule has 0 saturated carbocycles. The van der Waals surface area contributed by atoms with E-state index in [4.69, 9.17) is 16.3 Å². The quantitative estimate of drug-likeness (QED) is 0.359. The first-order valence-electron chi connectivity index (χ1n) is 10.2. The summed E-state index contributed by atoms with van der Waals surface area (Å²) in [6.07, 6.45) is 3.95. The number of ether oxygens (including phenoxy) is 1. The van der Waals surface area contributed by atoms with Crippen molar-refractivity contribution in [2.75, 3.05) is 4.90 Å². The molecule has 0 spiro atoms. The Kier molecular flexibility index (Phi) is 4.94. The minimum absolute atomic E-state index is 0.00916. The molecule has 2 unspecified atom stereocenters. The normalized spacial score (nSPS) is 21.5. The number of fused-ring (bicyclic) bond motifs is 1. The SMILES string of the molecule is CC1Cc2cc(/C(O)=C3/C(=O)C(=O)N(c4cccc(Cl)c4)C3c3cccnc3)ccc2O1. The maximum Gasteiger partial charge on any atom is 0.300 e. The van der Waals surface area contributed by atoms with Crippen LogP contribution < -0.4 is 9.64 Å². The average Bonchev–Trinajstić information content (AvgIpc) is 3.29. The van der Waals surface area contributed by atoms with Crippen LogP contribution in [-0.2, 0) is 16.0 Å². The van der Waals surface area contributed by atoms with Gasteiger partial charge in [0.2, 0.25) is 0 Å². The maximum absolute atomic E-state index is 13.2. The summed E-state index contributed by atoms with van der Waals surface area (Å²) < 4.78 is 5.73. The van der Waals surface area contributed by atoms with Crippen LogP contribution in [0.2, 0.25) is 5.02 Å². The number of halogens is 1. The van der Waals surface area contributed by atoms with E-state index in [2.05, 4.69) is 4.98 Å². The van der Waals surface area contributed by atoms with E-state index in [1.54, 1.807) is 67.0 Å². The molecule has 3 aromatic rings. The highest BCUT2D eigenvalue weighted by Gasteiger charge is 2.47. The number of carbonyl (C=O) groups is 2. The molecule has 5 rings (SSSR count). The Labute approximate surface area is 189 Å². The molecule has 160 valence electrons. The highest BCUT2D eigenvalue weighted by atomic mass is 35.5. The summed E-state index contributed by atoms with van der Waals surface area (Å²) in [6, 6.07) is 14.6. The second-order valence-electron chi connectivity index (χ2n) is 7.89. The molecule has 1 amide bonds. The number of aliphatic hydroxyl groups is 1. The molecule has 32 heavy (non-hydrogen) atoms. The van der Waals surface area contributed by atoms with Crippen molar-refractivity contribution in [1.29, 1.82) is 0 Å². The molecular formula is C25H19ClN2O4. The third-order valence-corrected chi connectivity index (χ3v) is 5.94. The monoisotopic (exact) mass is 446 g/mol. The molecule has 1 fully saturated rings. The Morgan fingerprint density at radius 2 is 2.00 bits per heavy atom. The minimum Gasteiger partial charge on any atom is -0.507 e. The van der Waals surface area contributed by atoms with Crippen molar-refractivity contribution >= 4 is 34.7 Å². The number of aliphatic hydroxyl groups excluding tert-OH is 1. The molecule has 2 aliphatic heterocycles.